The number of nitrogens with one attached hydrogen (secondary N) is 1. The topological polar surface area (TPSA) is 117 Å². The zero-order valence-electron chi connectivity index (χ0n) is 18.7. The van der Waals surface area contributed by atoms with Gasteiger partial charge in [0.1, 0.15) is 5.75 Å². The molecule has 0 fully saturated rings. The van der Waals surface area contributed by atoms with Crippen LogP contribution in [0.5, 0.6) is 5.75 Å². The van der Waals surface area contributed by atoms with E-state index in [0.717, 1.165) is 16.8 Å². The Bertz CT molecular complexity index is 1260. The van der Waals surface area contributed by atoms with Crippen LogP contribution in [0.25, 0.3) is 5.69 Å². The highest BCUT2D eigenvalue weighted by atomic mass is 32.2. The van der Waals surface area contributed by atoms with Crippen molar-refractivity contribution >= 4 is 21.6 Å². The van der Waals surface area contributed by atoms with E-state index in [4.69, 9.17) is 0 Å². The van der Waals surface area contributed by atoms with Gasteiger partial charge in [-0.05, 0) is 50.6 Å². The average Bonchev–Trinajstić information content (AvgIpc) is 3.11. The van der Waals surface area contributed by atoms with Crippen LogP contribution in [0.4, 0.5) is 5.69 Å². The van der Waals surface area contributed by atoms with E-state index in [1.54, 1.807) is 20.8 Å². The van der Waals surface area contributed by atoms with E-state index in [1.165, 1.54) is 27.3 Å². The Balaban J connectivity index is 1.92. The molecule has 0 radical (unpaired) electrons. The second-order valence-electron chi connectivity index (χ2n) is 7.44. The van der Waals surface area contributed by atoms with Crippen molar-refractivity contribution in [3.63, 3.8) is 0 Å². The molecule has 32 heavy (non-hydrogen) atoms. The Morgan fingerprint density at radius 1 is 1.06 bits per heavy atom. The molecule has 0 bridgehead atoms. The summed E-state index contributed by atoms with van der Waals surface area (Å²) in [5.41, 5.74) is 3.24. The van der Waals surface area contributed by atoms with Crippen molar-refractivity contribution in [2.24, 2.45) is 0 Å². The first kappa shape index (κ1) is 23.4. The van der Waals surface area contributed by atoms with Crippen molar-refractivity contribution in [2.45, 2.75) is 39.5 Å². The smallest absolute Gasteiger partial charge is 0.278 e. The van der Waals surface area contributed by atoms with Gasteiger partial charge in [-0.3, -0.25) is 4.79 Å². The number of aryl methyl sites for hydroxylation is 3. The number of rotatable bonds is 7. The molecule has 3 rings (SSSR count). The van der Waals surface area contributed by atoms with Crippen molar-refractivity contribution in [1.82, 2.24) is 19.3 Å². The molecule has 1 aromatic heterocycles. The molecule has 2 aromatic carbocycles. The molecule has 0 aliphatic heterocycles. The molecule has 10 heteroatoms. The van der Waals surface area contributed by atoms with E-state index in [2.05, 4.69) is 15.5 Å². The lowest BCUT2D eigenvalue weighted by Crippen LogP contribution is -2.30. The van der Waals surface area contributed by atoms with Gasteiger partial charge < -0.3 is 10.4 Å². The lowest BCUT2D eigenvalue weighted by molar-refractivity contribution is 0.102. The van der Waals surface area contributed by atoms with Crippen LogP contribution >= 0.6 is 0 Å². The van der Waals surface area contributed by atoms with Crippen LogP contribution in [0.3, 0.4) is 0 Å². The zero-order chi connectivity index (χ0) is 23.6. The standard InChI is InChI=1S/C22H27N5O4S/c1-6-26(7-2)32(30,31)17-9-11-20(28)18(13-17)23-22(29)21-16(5)24-27(25-21)19-10-8-14(3)12-15(19)4/h8-13,28H,6-7H2,1-5H3,(H,23,29). The highest BCUT2D eigenvalue weighted by Crippen LogP contribution is 2.28. The Hall–Kier alpha value is -3.24. The van der Waals surface area contributed by atoms with E-state index < -0.39 is 15.9 Å². The molecule has 0 saturated heterocycles. The van der Waals surface area contributed by atoms with Gasteiger partial charge in [-0.2, -0.15) is 14.2 Å². The lowest BCUT2D eigenvalue weighted by atomic mass is 10.1. The third-order valence-corrected chi connectivity index (χ3v) is 7.17. The first-order chi connectivity index (χ1) is 15.1. The van der Waals surface area contributed by atoms with Crippen molar-refractivity contribution in [3.05, 3.63) is 58.9 Å². The highest BCUT2D eigenvalue weighted by molar-refractivity contribution is 7.89. The Labute approximate surface area is 187 Å². The number of amides is 1. The minimum Gasteiger partial charge on any atom is -0.506 e. The van der Waals surface area contributed by atoms with Crippen molar-refractivity contribution < 1.29 is 18.3 Å². The molecule has 3 aromatic rings. The summed E-state index contributed by atoms with van der Waals surface area (Å²) < 4.78 is 26.9. The zero-order valence-corrected chi connectivity index (χ0v) is 19.6. The molecule has 0 saturated carbocycles. The molecule has 0 aliphatic rings. The van der Waals surface area contributed by atoms with Gasteiger partial charge in [-0.25, -0.2) is 8.42 Å². The molecule has 9 nitrogen and oxygen atoms in total. The highest BCUT2D eigenvalue weighted by Gasteiger charge is 2.24. The molecular formula is C22H27N5O4S. The fraction of sp³-hybridized carbons (Fsp3) is 0.318. The van der Waals surface area contributed by atoms with Crippen molar-refractivity contribution in [3.8, 4) is 11.4 Å². The fourth-order valence-corrected chi connectivity index (χ4v) is 4.88. The maximum Gasteiger partial charge on any atom is 0.278 e. The summed E-state index contributed by atoms with van der Waals surface area (Å²) in [5.74, 6) is -0.859. The van der Waals surface area contributed by atoms with E-state index in [9.17, 15) is 18.3 Å². The first-order valence-corrected chi connectivity index (χ1v) is 11.7. The van der Waals surface area contributed by atoms with Crippen LogP contribution in [-0.4, -0.2) is 51.8 Å². The van der Waals surface area contributed by atoms with Crippen LogP contribution in [0.1, 0.15) is 41.2 Å². The number of benzene rings is 2. The second-order valence-corrected chi connectivity index (χ2v) is 9.37. The first-order valence-electron chi connectivity index (χ1n) is 10.2. The number of aromatic hydroxyl groups is 1. The van der Waals surface area contributed by atoms with Gasteiger partial charge >= 0.3 is 0 Å². The molecule has 0 spiro atoms. The summed E-state index contributed by atoms with van der Waals surface area (Å²) in [7, 11) is -3.75. The van der Waals surface area contributed by atoms with Crippen LogP contribution in [-0.2, 0) is 10.0 Å². The van der Waals surface area contributed by atoms with Crippen molar-refractivity contribution in [1.29, 1.82) is 0 Å². The summed E-state index contributed by atoms with van der Waals surface area (Å²) >= 11 is 0. The van der Waals surface area contributed by atoms with Gasteiger partial charge in [-0.1, -0.05) is 31.5 Å². The number of phenols is 1. The molecule has 1 heterocycles. The largest absolute Gasteiger partial charge is 0.506 e. The van der Waals surface area contributed by atoms with Gasteiger partial charge in [0.2, 0.25) is 10.0 Å². The summed E-state index contributed by atoms with van der Waals surface area (Å²) in [6, 6.07) is 9.59. The SMILES string of the molecule is CCN(CC)S(=O)(=O)c1ccc(O)c(NC(=O)c2nn(-c3ccc(C)cc3C)nc2C)c1. The van der Waals surface area contributed by atoms with E-state index in [0.29, 0.717) is 18.8 Å². The molecule has 170 valence electrons. The molecular weight excluding hydrogens is 430 g/mol. The van der Waals surface area contributed by atoms with E-state index in [1.807, 2.05) is 32.0 Å². The molecule has 0 unspecified atom stereocenters. The molecule has 0 aliphatic carbocycles. The summed E-state index contributed by atoms with van der Waals surface area (Å²) in [6.07, 6.45) is 0. The monoisotopic (exact) mass is 457 g/mol. The number of carbonyl (C=O) groups is 1. The average molecular weight is 458 g/mol. The molecule has 1 amide bonds. The number of nitrogens with zero attached hydrogens (tertiary/aromatic N) is 4. The minimum absolute atomic E-state index is 0.0232. The van der Waals surface area contributed by atoms with E-state index in [-0.39, 0.29) is 22.0 Å². The van der Waals surface area contributed by atoms with Gasteiger partial charge in [0.05, 0.1) is 22.0 Å². The van der Waals surface area contributed by atoms with Gasteiger partial charge in [0, 0.05) is 13.1 Å². The second kappa shape index (κ2) is 9.09. The normalized spacial score (nSPS) is 11.7. The summed E-state index contributed by atoms with van der Waals surface area (Å²) in [6.45, 7) is 9.67. The number of carbonyl (C=O) groups excluding carboxylic acids is 1. The third kappa shape index (κ3) is 4.51. The van der Waals surface area contributed by atoms with Gasteiger partial charge in [0.25, 0.3) is 5.91 Å². The van der Waals surface area contributed by atoms with Crippen LogP contribution in [0, 0.1) is 20.8 Å². The lowest BCUT2D eigenvalue weighted by Gasteiger charge is -2.19. The van der Waals surface area contributed by atoms with Gasteiger partial charge in [-0.15, -0.1) is 5.10 Å². The summed E-state index contributed by atoms with van der Waals surface area (Å²) in [5, 5.41) is 21.4. The number of sulfonamides is 1. The van der Waals surface area contributed by atoms with E-state index >= 15 is 0 Å². The predicted molar refractivity (Wildman–Crippen MR) is 122 cm³/mol. The molecule has 0 atom stereocenters. The van der Waals surface area contributed by atoms with Gasteiger partial charge in [0.15, 0.2) is 5.69 Å². The molecule has 2 N–H and O–H groups in total. The Morgan fingerprint density at radius 2 is 1.75 bits per heavy atom. The number of anilines is 1. The Morgan fingerprint density at radius 3 is 2.38 bits per heavy atom. The van der Waals surface area contributed by atoms with Crippen LogP contribution in [0.15, 0.2) is 41.3 Å². The minimum atomic E-state index is -3.75. The van der Waals surface area contributed by atoms with Crippen molar-refractivity contribution in [2.75, 3.05) is 18.4 Å². The van der Waals surface area contributed by atoms with Crippen LogP contribution in [0.2, 0.25) is 0 Å². The fourth-order valence-electron chi connectivity index (χ4n) is 3.40. The third-order valence-electron chi connectivity index (χ3n) is 5.12. The van der Waals surface area contributed by atoms with Crippen LogP contribution < -0.4 is 5.32 Å². The number of phenolic OH excluding ortho intramolecular Hbond substituents is 1. The number of hydrogen-bond acceptors (Lipinski definition) is 6. The summed E-state index contributed by atoms with van der Waals surface area (Å²) in [4.78, 5) is 14.2. The number of aromatic nitrogens is 3. The quantitative estimate of drug-likeness (QED) is 0.526. The predicted octanol–water partition coefficient (Wildman–Crippen LogP) is 3.18. The maximum absolute atomic E-state index is 12.9. The number of hydrogen-bond donors (Lipinski definition) is 2. The Kier molecular flexibility index (Phi) is 6.65. The maximum atomic E-state index is 12.9.